The van der Waals surface area contributed by atoms with E-state index in [9.17, 15) is 9.59 Å². The fourth-order valence-electron chi connectivity index (χ4n) is 2.05. The van der Waals surface area contributed by atoms with Gasteiger partial charge < -0.3 is 9.47 Å². The molecule has 4 heteroatoms. The van der Waals surface area contributed by atoms with E-state index in [4.69, 9.17) is 1.37 Å². The normalized spacial score (nSPS) is 25.6. The van der Waals surface area contributed by atoms with Gasteiger partial charge in [0.15, 0.2) is 5.41 Å². The predicted molar refractivity (Wildman–Crippen MR) is 60.3 cm³/mol. The molecule has 0 aromatic heterocycles. The maximum absolute atomic E-state index is 11.8. The number of methoxy groups -OCH3 is 2. The van der Waals surface area contributed by atoms with Crippen molar-refractivity contribution in [2.75, 3.05) is 14.2 Å². The zero-order valence-corrected chi connectivity index (χ0v) is 9.67. The molecule has 1 aromatic carbocycles. The maximum atomic E-state index is 11.8. The Morgan fingerprint density at radius 2 is 1.76 bits per heavy atom. The van der Waals surface area contributed by atoms with Crippen LogP contribution in [0, 0.1) is 5.41 Å². The summed E-state index contributed by atoms with van der Waals surface area (Å²) in [6, 6.07) is 9.03. The van der Waals surface area contributed by atoms with Crippen LogP contribution < -0.4 is 0 Å². The molecule has 0 unspecified atom stereocenters. The second kappa shape index (κ2) is 4.20. The third-order valence-electron chi connectivity index (χ3n) is 3.02. The summed E-state index contributed by atoms with van der Waals surface area (Å²) in [4.78, 5) is 23.7. The van der Waals surface area contributed by atoms with Crippen LogP contribution in [0.2, 0.25) is 0 Å². The molecule has 2 rings (SSSR count). The molecule has 0 spiro atoms. The second-order valence-electron chi connectivity index (χ2n) is 3.91. The lowest BCUT2D eigenvalue weighted by molar-refractivity contribution is -0.161. The van der Waals surface area contributed by atoms with Gasteiger partial charge in [-0.1, -0.05) is 30.3 Å². The van der Waals surface area contributed by atoms with Gasteiger partial charge >= 0.3 is 11.9 Å². The summed E-state index contributed by atoms with van der Waals surface area (Å²) in [6.45, 7) is 0. The van der Waals surface area contributed by atoms with Crippen LogP contribution >= 0.6 is 0 Å². The van der Waals surface area contributed by atoms with E-state index in [2.05, 4.69) is 9.47 Å². The summed E-state index contributed by atoms with van der Waals surface area (Å²) in [5.41, 5.74) is -0.737. The van der Waals surface area contributed by atoms with Crippen LogP contribution in [-0.4, -0.2) is 26.2 Å². The van der Waals surface area contributed by atoms with Gasteiger partial charge in [0.2, 0.25) is 0 Å². The first kappa shape index (κ1) is 10.3. The van der Waals surface area contributed by atoms with E-state index in [-0.39, 0.29) is 0 Å². The Morgan fingerprint density at radius 3 is 2.24 bits per heavy atom. The summed E-state index contributed by atoms with van der Waals surface area (Å²) in [5, 5.41) is 0. The first-order chi connectivity index (χ1) is 8.60. The lowest BCUT2D eigenvalue weighted by Gasteiger charge is -2.12. The summed E-state index contributed by atoms with van der Waals surface area (Å²) < 4.78 is 17.3. The van der Waals surface area contributed by atoms with Crippen molar-refractivity contribution in [1.82, 2.24) is 0 Å². The Balaban J connectivity index is 2.40. The Hall–Kier alpha value is -1.84. The Kier molecular flexibility index (Phi) is 2.55. The topological polar surface area (TPSA) is 52.6 Å². The number of rotatable bonds is 3. The van der Waals surface area contributed by atoms with Crippen molar-refractivity contribution in [3.63, 3.8) is 0 Å². The van der Waals surface area contributed by atoms with Gasteiger partial charge in [-0.05, 0) is 12.0 Å². The standard InChI is InChI=1S/C13H14O4/c1-16-11(14)13(12(15)17-2)8-10(13)9-6-4-3-5-7-9/h3-7,10H,8H2,1-2H3/t10-/m0/s1/i8D/t8-,10+/m1. The molecule has 1 aromatic rings. The van der Waals surface area contributed by atoms with E-state index in [1.165, 1.54) is 14.2 Å². The lowest BCUT2D eigenvalue weighted by atomic mass is 9.99. The predicted octanol–water partition coefficient (Wildman–Crippen LogP) is 1.51. The molecule has 1 aliphatic rings. The van der Waals surface area contributed by atoms with Gasteiger partial charge in [-0.3, -0.25) is 9.59 Å². The van der Waals surface area contributed by atoms with Gasteiger partial charge in [-0.2, -0.15) is 0 Å². The largest absolute Gasteiger partial charge is 0.468 e. The average Bonchev–Trinajstić information content (AvgIpc) is 3.05. The number of carbonyl (C=O) groups is 2. The second-order valence-corrected chi connectivity index (χ2v) is 3.91. The fraction of sp³-hybridized carbons (Fsp3) is 0.385. The minimum atomic E-state index is -1.51. The SMILES string of the molecule is [2H][C@@H]1[C@@H](c2ccccc2)C1(C(=O)OC)C(=O)OC. The van der Waals surface area contributed by atoms with E-state index >= 15 is 0 Å². The molecule has 90 valence electrons. The minimum absolute atomic E-state index is 0.501. The third kappa shape index (κ3) is 1.69. The molecule has 0 N–H and O–H groups in total. The van der Waals surface area contributed by atoms with Crippen LogP contribution in [0.1, 0.15) is 19.2 Å². The van der Waals surface area contributed by atoms with Crippen LogP contribution in [0.25, 0.3) is 0 Å². The molecule has 0 amide bonds. The highest BCUT2D eigenvalue weighted by molar-refractivity contribution is 6.05. The number of carbonyl (C=O) groups excluding carboxylic acids is 2. The van der Waals surface area contributed by atoms with Crippen molar-refractivity contribution < 1.29 is 20.4 Å². The van der Waals surface area contributed by atoms with Crippen LogP contribution in [0.15, 0.2) is 30.3 Å². The van der Waals surface area contributed by atoms with Gasteiger partial charge in [0.25, 0.3) is 0 Å². The van der Waals surface area contributed by atoms with Gasteiger partial charge in [0.1, 0.15) is 0 Å². The fourth-order valence-corrected chi connectivity index (χ4v) is 2.05. The molecule has 0 saturated heterocycles. The van der Waals surface area contributed by atoms with Crippen molar-refractivity contribution >= 4 is 11.9 Å². The van der Waals surface area contributed by atoms with Gasteiger partial charge in [-0.25, -0.2) is 0 Å². The molecule has 4 nitrogen and oxygen atoms in total. The van der Waals surface area contributed by atoms with Crippen LogP contribution in [-0.2, 0) is 19.1 Å². The number of ether oxygens (including phenoxy) is 2. The minimum Gasteiger partial charge on any atom is -0.468 e. The third-order valence-corrected chi connectivity index (χ3v) is 3.02. The first-order valence-corrected chi connectivity index (χ1v) is 5.24. The lowest BCUT2D eigenvalue weighted by Crippen LogP contribution is -2.30. The zero-order chi connectivity index (χ0) is 13.3. The van der Waals surface area contributed by atoms with Gasteiger partial charge in [0.05, 0.1) is 14.2 Å². The quantitative estimate of drug-likeness (QED) is 0.588. The number of esters is 2. The Bertz CT molecular complexity index is 455. The highest BCUT2D eigenvalue weighted by Crippen LogP contribution is 2.60. The monoisotopic (exact) mass is 235 g/mol. The van der Waals surface area contributed by atoms with Crippen molar-refractivity contribution in [3.05, 3.63) is 35.9 Å². The van der Waals surface area contributed by atoms with E-state index in [1.54, 1.807) is 24.3 Å². The summed E-state index contributed by atoms with van der Waals surface area (Å²) in [7, 11) is 2.42. The number of hydrogen-bond acceptors (Lipinski definition) is 4. The molecule has 1 fully saturated rings. The average molecular weight is 235 g/mol. The number of hydrogen-bond donors (Lipinski definition) is 0. The maximum Gasteiger partial charge on any atom is 0.323 e. The molecular formula is C13H14O4. The molecule has 0 bridgehead atoms. The van der Waals surface area contributed by atoms with Crippen LogP contribution in [0.3, 0.4) is 0 Å². The summed E-state index contributed by atoms with van der Waals surface area (Å²) >= 11 is 0. The van der Waals surface area contributed by atoms with E-state index < -0.39 is 29.7 Å². The summed E-state index contributed by atoms with van der Waals surface area (Å²) in [5.74, 6) is -1.91. The van der Waals surface area contributed by atoms with E-state index in [0.717, 1.165) is 5.56 Å². The van der Waals surface area contributed by atoms with E-state index in [1.807, 2.05) is 6.07 Å². The molecular weight excluding hydrogens is 220 g/mol. The van der Waals surface area contributed by atoms with Crippen molar-refractivity contribution in [2.24, 2.45) is 5.41 Å². The van der Waals surface area contributed by atoms with Crippen LogP contribution in [0.5, 0.6) is 0 Å². The first-order valence-electron chi connectivity index (χ1n) is 5.82. The highest BCUT2D eigenvalue weighted by atomic mass is 16.5. The van der Waals surface area contributed by atoms with Crippen LogP contribution in [0.4, 0.5) is 0 Å². The highest BCUT2D eigenvalue weighted by Gasteiger charge is 2.68. The number of benzene rings is 1. The molecule has 17 heavy (non-hydrogen) atoms. The van der Waals surface area contributed by atoms with Crippen molar-refractivity contribution in [3.8, 4) is 0 Å². The van der Waals surface area contributed by atoms with Crippen molar-refractivity contribution in [2.45, 2.75) is 12.3 Å². The smallest absolute Gasteiger partial charge is 0.323 e. The summed E-state index contributed by atoms with van der Waals surface area (Å²) in [6.07, 6.45) is -0.861. The van der Waals surface area contributed by atoms with E-state index in [0.29, 0.717) is 0 Å². The zero-order valence-electron chi connectivity index (χ0n) is 10.7. The Labute approximate surface area is 101 Å². The molecule has 0 radical (unpaired) electrons. The molecule has 2 atom stereocenters. The van der Waals surface area contributed by atoms with Gasteiger partial charge in [0, 0.05) is 7.29 Å². The molecule has 1 saturated carbocycles. The molecule has 0 aliphatic heterocycles. The molecule has 1 aliphatic carbocycles. The van der Waals surface area contributed by atoms with Gasteiger partial charge in [-0.15, -0.1) is 0 Å². The Morgan fingerprint density at radius 1 is 1.24 bits per heavy atom. The molecule has 0 heterocycles. The van der Waals surface area contributed by atoms with Crippen molar-refractivity contribution in [1.29, 1.82) is 0 Å².